The molecular weight excluding hydrogens is 377 g/mol. The zero-order valence-corrected chi connectivity index (χ0v) is 14.9. The van der Waals surface area contributed by atoms with E-state index >= 15 is 0 Å². The van der Waals surface area contributed by atoms with Crippen molar-refractivity contribution in [1.82, 2.24) is 0 Å². The molecule has 2 aromatic carbocycles. The van der Waals surface area contributed by atoms with Crippen LogP contribution in [0.15, 0.2) is 42.5 Å². The zero-order chi connectivity index (χ0) is 18.8. The Kier molecular flexibility index (Phi) is 7.02. The van der Waals surface area contributed by atoms with Crippen LogP contribution in [-0.4, -0.2) is 12.1 Å². The SMILES string of the molecule is Cc1cc([C@@H](N)C(F)(F)C(F)(F)F)cc(C)c1OCc1ccccc1.Cl. The molecule has 2 rings (SSSR count). The van der Waals surface area contributed by atoms with Crippen LogP contribution >= 0.6 is 12.4 Å². The van der Waals surface area contributed by atoms with Crippen LogP contribution in [-0.2, 0) is 6.61 Å². The second kappa shape index (κ2) is 8.22. The number of ether oxygens (including phenoxy) is 1. The van der Waals surface area contributed by atoms with Gasteiger partial charge in [0.15, 0.2) is 0 Å². The fraction of sp³-hybridized carbons (Fsp3) is 0.333. The number of rotatable bonds is 5. The minimum absolute atomic E-state index is 0. The smallest absolute Gasteiger partial charge is 0.455 e. The lowest BCUT2D eigenvalue weighted by atomic mass is 9.96. The highest BCUT2D eigenvalue weighted by atomic mass is 35.5. The van der Waals surface area contributed by atoms with Gasteiger partial charge in [-0.15, -0.1) is 12.4 Å². The van der Waals surface area contributed by atoms with Crippen molar-refractivity contribution in [2.45, 2.75) is 38.6 Å². The number of alkyl halides is 5. The highest BCUT2D eigenvalue weighted by Gasteiger charge is 2.61. The number of benzene rings is 2. The minimum atomic E-state index is -5.71. The van der Waals surface area contributed by atoms with Crippen LogP contribution in [0.1, 0.15) is 28.3 Å². The maximum Gasteiger partial charge on any atom is 0.455 e. The molecule has 0 unspecified atom stereocenters. The monoisotopic (exact) mass is 395 g/mol. The first kappa shape index (κ1) is 22.2. The third-order valence-electron chi connectivity index (χ3n) is 3.84. The summed E-state index contributed by atoms with van der Waals surface area (Å²) in [4.78, 5) is 0. The van der Waals surface area contributed by atoms with Crippen LogP contribution in [0.25, 0.3) is 0 Å². The molecule has 144 valence electrons. The van der Waals surface area contributed by atoms with Gasteiger partial charge in [-0.1, -0.05) is 42.5 Å². The van der Waals surface area contributed by atoms with Gasteiger partial charge in [0.25, 0.3) is 0 Å². The van der Waals surface area contributed by atoms with Crippen molar-refractivity contribution in [3.8, 4) is 5.75 Å². The molecule has 0 bridgehead atoms. The predicted octanol–water partition coefficient (Wildman–Crippen LogP) is 5.50. The Morgan fingerprint density at radius 1 is 0.962 bits per heavy atom. The first-order chi connectivity index (χ1) is 11.5. The van der Waals surface area contributed by atoms with Crippen molar-refractivity contribution in [3.05, 3.63) is 64.7 Å². The largest absolute Gasteiger partial charge is 0.488 e. The second-order valence-corrected chi connectivity index (χ2v) is 5.86. The molecule has 0 amide bonds. The maximum atomic E-state index is 13.5. The highest BCUT2D eigenvalue weighted by molar-refractivity contribution is 5.85. The summed E-state index contributed by atoms with van der Waals surface area (Å²) in [6, 6.07) is 9.21. The molecule has 0 aliphatic heterocycles. The topological polar surface area (TPSA) is 35.2 Å². The Hall–Kier alpha value is -1.86. The van der Waals surface area contributed by atoms with E-state index in [1.807, 2.05) is 30.3 Å². The second-order valence-electron chi connectivity index (χ2n) is 5.86. The van der Waals surface area contributed by atoms with Crippen molar-refractivity contribution in [2.24, 2.45) is 5.73 Å². The first-order valence-electron chi connectivity index (χ1n) is 7.52. The quantitative estimate of drug-likeness (QED) is 0.678. The van der Waals surface area contributed by atoms with Gasteiger partial charge >= 0.3 is 12.1 Å². The third-order valence-corrected chi connectivity index (χ3v) is 3.84. The molecule has 0 radical (unpaired) electrons. The van der Waals surface area contributed by atoms with E-state index in [9.17, 15) is 22.0 Å². The minimum Gasteiger partial charge on any atom is -0.488 e. The van der Waals surface area contributed by atoms with Gasteiger partial charge in [-0.25, -0.2) is 0 Å². The van der Waals surface area contributed by atoms with Gasteiger partial charge in [-0.3, -0.25) is 0 Å². The summed E-state index contributed by atoms with van der Waals surface area (Å²) >= 11 is 0. The van der Waals surface area contributed by atoms with Crippen LogP contribution in [0.2, 0.25) is 0 Å². The molecule has 2 nitrogen and oxygen atoms in total. The van der Waals surface area contributed by atoms with Crippen molar-refractivity contribution >= 4 is 12.4 Å². The van der Waals surface area contributed by atoms with E-state index in [2.05, 4.69) is 0 Å². The Morgan fingerprint density at radius 2 is 1.46 bits per heavy atom. The third kappa shape index (κ3) is 4.65. The lowest BCUT2D eigenvalue weighted by Crippen LogP contribution is -2.45. The van der Waals surface area contributed by atoms with E-state index in [4.69, 9.17) is 10.5 Å². The lowest BCUT2D eigenvalue weighted by Gasteiger charge is -2.27. The molecule has 26 heavy (non-hydrogen) atoms. The van der Waals surface area contributed by atoms with Crippen molar-refractivity contribution < 1.29 is 26.7 Å². The van der Waals surface area contributed by atoms with Gasteiger partial charge in [0.05, 0.1) is 0 Å². The molecule has 2 aromatic rings. The van der Waals surface area contributed by atoms with Crippen molar-refractivity contribution in [1.29, 1.82) is 0 Å². The van der Waals surface area contributed by atoms with Gasteiger partial charge in [0, 0.05) is 0 Å². The molecule has 0 aliphatic carbocycles. The molecular formula is C18H19ClF5NO. The zero-order valence-electron chi connectivity index (χ0n) is 14.1. The molecule has 8 heteroatoms. The van der Waals surface area contributed by atoms with E-state index < -0.39 is 18.1 Å². The standard InChI is InChI=1S/C18H18F5NO.ClH/c1-11-8-14(16(24)17(19,20)18(21,22)23)9-12(2)15(11)25-10-13-6-4-3-5-7-13;/h3-9,16H,10,24H2,1-2H3;1H/t16-;/m1./s1. The van der Waals surface area contributed by atoms with Crippen molar-refractivity contribution in [3.63, 3.8) is 0 Å². The Bertz CT molecular complexity index is 711. The average Bonchev–Trinajstić information content (AvgIpc) is 2.53. The van der Waals surface area contributed by atoms with E-state index in [1.165, 1.54) is 12.1 Å². The number of nitrogens with two attached hydrogens (primary N) is 1. The normalized spacial score (nSPS) is 13.1. The summed E-state index contributed by atoms with van der Waals surface area (Å²) in [5.74, 6) is -4.58. The lowest BCUT2D eigenvalue weighted by molar-refractivity contribution is -0.291. The molecule has 0 saturated heterocycles. The van der Waals surface area contributed by atoms with Gasteiger partial charge in [0.1, 0.15) is 18.4 Å². The molecule has 0 fully saturated rings. The van der Waals surface area contributed by atoms with E-state index in [-0.39, 0.29) is 24.6 Å². The Morgan fingerprint density at radius 3 is 1.92 bits per heavy atom. The summed E-state index contributed by atoms with van der Waals surface area (Å²) in [5.41, 5.74) is 6.71. The summed E-state index contributed by atoms with van der Waals surface area (Å²) < 4.78 is 70.1. The summed E-state index contributed by atoms with van der Waals surface area (Å²) in [7, 11) is 0. The van der Waals surface area contributed by atoms with Crippen LogP contribution in [0, 0.1) is 13.8 Å². The summed E-state index contributed by atoms with van der Waals surface area (Å²) in [6.45, 7) is 3.41. The Balaban J connectivity index is 0.00000338. The van der Waals surface area contributed by atoms with Gasteiger partial charge in [-0.05, 0) is 36.1 Å². The maximum absolute atomic E-state index is 13.5. The highest BCUT2D eigenvalue weighted by Crippen LogP contribution is 2.44. The molecule has 0 saturated carbocycles. The fourth-order valence-corrected chi connectivity index (χ4v) is 2.51. The molecule has 1 atom stereocenters. The summed E-state index contributed by atoms with van der Waals surface area (Å²) in [6.07, 6.45) is -5.71. The molecule has 0 aliphatic rings. The molecule has 0 spiro atoms. The number of aryl methyl sites for hydroxylation is 2. The van der Waals surface area contributed by atoms with Crippen LogP contribution in [0.5, 0.6) is 5.75 Å². The van der Waals surface area contributed by atoms with Gasteiger partial charge in [-0.2, -0.15) is 22.0 Å². The van der Waals surface area contributed by atoms with Crippen LogP contribution in [0.3, 0.4) is 0 Å². The first-order valence-corrected chi connectivity index (χ1v) is 7.52. The fourth-order valence-electron chi connectivity index (χ4n) is 2.51. The number of hydrogen-bond acceptors (Lipinski definition) is 2. The Labute approximate surface area is 154 Å². The van der Waals surface area contributed by atoms with E-state index in [1.54, 1.807) is 13.8 Å². The number of hydrogen-bond donors (Lipinski definition) is 1. The van der Waals surface area contributed by atoms with Gasteiger partial charge < -0.3 is 10.5 Å². The van der Waals surface area contributed by atoms with Crippen LogP contribution in [0.4, 0.5) is 22.0 Å². The predicted molar refractivity (Wildman–Crippen MR) is 91.9 cm³/mol. The molecule has 0 heterocycles. The van der Waals surface area contributed by atoms with E-state index in [0.29, 0.717) is 16.9 Å². The van der Waals surface area contributed by atoms with Crippen LogP contribution < -0.4 is 10.5 Å². The molecule has 0 aromatic heterocycles. The van der Waals surface area contributed by atoms with Gasteiger partial charge in [0.2, 0.25) is 0 Å². The number of halogens is 6. The van der Waals surface area contributed by atoms with E-state index in [0.717, 1.165) is 5.56 Å². The molecule has 2 N–H and O–H groups in total. The summed E-state index contributed by atoms with van der Waals surface area (Å²) in [5, 5.41) is 0. The average molecular weight is 396 g/mol. The van der Waals surface area contributed by atoms with Crippen molar-refractivity contribution in [2.75, 3.05) is 0 Å².